The second kappa shape index (κ2) is 20.1. The van der Waals surface area contributed by atoms with E-state index in [9.17, 15) is 19.2 Å². The highest BCUT2D eigenvalue weighted by Gasteiger charge is 2.31. The van der Waals surface area contributed by atoms with E-state index in [0.717, 1.165) is 61.6 Å². The van der Waals surface area contributed by atoms with E-state index in [-0.39, 0.29) is 32.7 Å². The van der Waals surface area contributed by atoms with Gasteiger partial charge in [0.05, 0.1) is 0 Å². The molecule has 4 N–H and O–H groups in total. The van der Waals surface area contributed by atoms with Gasteiger partial charge in [-0.2, -0.15) is 0 Å². The average Bonchev–Trinajstić information content (AvgIpc) is 3.12. The Balaban J connectivity index is 1.39. The zero-order valence-corrected chi connectivity index (χ0v) is 30.8. The molecule has 1 aliphatic carbocycles. The fraction of sp³-hybridized carbons (Fsp3) is 0.463. The Morgan fingerprint density at radius 3 is 1.90 bits per heavy atom. The van der Waals surface area contributed by atoms with Crippen molar-refractivity contribution in [3.63, 3.8) is 0 Å². The first kappa shape index (κ1) is 39.7. The number of carbonyl (C=O) groups excluding carboxylic acids is 4. The third-order valence-electron chi connectivity index (χ3n) is 8.89. The Morgan fingerprint density at radius 2 is 1.29 bits per heavy atom. The summed E-state index contributed by atoms with van der Waals surface area (Å²) in [6, 6.07) is 22.1. The first-order valence-electron chi connectivity index (χ1n) is 18.3. The summed E-state index contributed by atoms with van der Waals surface area (Å²) in [6.45, 7) is 6.54. The topological polar surface area (TPSA) is 149 Å². The van der Waals surface area contributed by atoms with Gasteiger partial charge in [0.15, 0.2) is 0 Å². The largest absolute Gasteiger partial charge is 0.445 e. The van der Waals surface area contributed by atoms with Crippen molar-refractivity contribution in [2.45, 2.75) is 103 Å². The van der Waals surface area contributed by atoms with Gasteiger partial charge in [-0.15, -0.1) is 0 Å². The number of ether oxygens (including phenoxy) is 3. The maximum absolute atomic E-state index is 13.6. The Labute approximate surface area is 307 Å². The van der Waals surface area contributed by atoms with Crippen LogP contribution in [0.5, 0.6) is 0 Å². The lowest BCUT2D eigenvalue weighted by molar-refractivity contribution is -0.122. The molecule has 0 radical (unpaired) electrons. The van der Waals surface area contributed by atoms with Gasteiger partial charge in [-0.1, -0.05) is 72.8 Å². The second-order valence-electron chi connectivity index (χ2n) is 14.1. The number of primary amides is 1. The maximum Gasteiger partial charge on any atom is 0.410 e. The average molecular weight is 715 g/mol. The number of unbranched alkanes of at least 4 members (excludes halogenated alkanes) is 1. The van der Waals surface area contributed by atoms with Crippen LogP contribution in [0.1, 0.15) is 86.3 Å². The summed E-state index contributed by atoms with van der Waals surface area (Å²) in [5.41, 5.74) is 11.9. The molecule has 3 aromatic carbocycles. The highest BCUT2D eigenvalue weighted by Crippen LogP contribution is 2.30. The van der Waals surface area contributed by atoms with E-state index in [1.54, 1.807) is 20.8 Å². The van der Waals surface area contributed by atoms with Crippen molar-refractivity contribution in [3.8, 4) is 0 Å². The van der Waals surface area contributed by atoms with Crippen molar-refractivity contribution in [3.05, 3.63) is 106 Å². The zero-order valence-electron chi connectivity index (χ0n) is 30.8. The van der Waals surface area contributed by atoms with Crippen LogP contribution in [-0.4, -0.2) is 60.4 Å². The minimum Gasteiger partial charge on any atom is -0.445 e. The van der Waals surface area contributed by atoms with Crippen molar-refractivity contribution in [1.29, 1.82) is 0 Å². The lowest BCUT2D eigenvalue weighted by Gasteiger charge is -2.31. The minimum atomic E-state index is -0.950. The highest BCUT2D eigenvalue weighted by molar-refractivity contribution is 5.84. The van der Waals surface area contributed by atoms with Gasteiger partial charge in [-0.25, -0.2) is 14.4 Å². The van der Waals surface area contributed by atoms with Crippen LogP contribution < -0.4 is 16.4 Å². The van der Waals surface area contributed by atoms with Crippen molar-refractivity contribution in [2.24, 2.45) is 5.73 Å². The lowest BCUT2D eigenvalue weighted by atomic mass is 9.82. The van der Waals surface area contributed by atoms with E-state index in [0.29, 0.717) is 13.0 Å². The molecule has 1 atom stereocenters. The number of hydrogen-bond acceptors (Lipinski definition) is 7. The number of nitrogens with zero attached hydrogens (tertiary/aromatic N) is 1. The monoisotopic (exact) mass is 714 g/mol. The summed E-state index contributed by atoms with van der Waals surface area (Å²) in [5.74, 6) is -0.625. The number of nitrogens with two attached hydrogens (primary N) is 1. The predicted octanol–water partition coefficient (Wildman–Crippen LogP) is 6.76. The van der Waals surface area contributed by atoms with Crippen LogP contribution in [0.4, 0.5) is 14.4 Å². The fourth-order valence-electron chi connectivity index (χ4n) is 6.35. The Hall–Kier alpha value is -5.06. The quantitative estimate of drug-likeness (QED) is 0.103. The molecule has 11 nitrogen and oxygen atoms in total. The third-order valence-corrected chi connectivity index (χ3v) is 8.89. The van der Waals surface area contributed by atoms with Crippen LogP contribution >= 0.6 is 0 Å². The van der Waals surface area contributed by atoms with Crippen LogP contribution in [0.2, 0.25) is 0 Å². The van der Waals surface area contributed by atoms with Gasteiger partial charge in [-0.05, 0) is 106 Å². The van der Waals surface area contributed by atoms with Crippen molar-refractivity contribution in [2.75, 3.05) is 19.6 Å². The first-order chi connectivity index (χ1) is 25.0. The van der Waals surface area contributed by atoms with E-state index in [4.69, 9.17) is 19.9 Å². The molecule has 280 valence electrons. The van der Waals surface area contributed by atoms with Crippen LogP contribution in [-0.2, 0) is 57.9 Å². The normalized spacial score (nSPS) is 12.9. The summed E-state index contributed by atoms with van der Waals surface area (Å²) in [4.78, 5) is 52.4. The van der Waals surface area contributed by atoms with Crippen molar-refractivity contribution in [1.82, 2.24) is 15.5 Å². The molecule has 0 spiro atoms. The lowest BCUT2D eigenvalue weighted by Crippen LogP contribution is -2.50. The molecule has 0 aromatic heterocycles. The number of hydrogen-bond donors (Lipinski definition) is 3. The molecule has 1 aliphatic rings. The number of nitrogens with one attached hydrogen (secondary N) is 2. The molecule has 0 bridgehead atoms. The molecule has 0 aliphatic heterocycles. The number of benzene rings is 3. The van der Waals surface area contributed by atoms with E-state index in [1.165, 1.54) is 21.6 Å². The standard InChI is InChI=1S/C41H54N4O7/c1-41(2,3)52-39(48)44-25-14-26-45(40(49)51-29-31-17-8-5-9-18-31)36(37(42)46)27-33-23-22-32(34-20-10-11-21-35(33)34)19-12-13-24-43-38(47)50-28-30-15-6-4-7-16-30/h4-9,15-18,22-23,36H,10-14,19-21,24-29H2,1-3H3,(H2,42,46)(H,43,47)(H,44,48)/t36-/m0/s1. The smallest absolute Gasteiger partial charge is 0.410 e. The predicted molar refractivity (Wildman–Crippen MR) is 200 cm³/mol. The van der Waals surface area contributed by atoms with Crippen LogP contribution in [0.3, 0.4) is 0 Å². The van der Waals surface area contributed by atoms with E-state index in [2.05, 4.69) is 22.8 Å². The molecule has 3 aromatic rings. The Bertz CT molecular complexity index is 1610. The summed E-state index contributed by atoms with van der Waals surface area (Å²) >= 11 is 0. The summed E-state index contributed by atoms with van der Waals surface area (Å²) in [7, 11) is 0. The van der Waals surface area contributed by atoms with Gasteiger partial charge in [0, 0.05) is 26.1 Å². The number of amides is 4. The van der Waals surface area contributed by atoms with E-state index in [1.807, 2.05) is 60.7 Å². The number of fused-ring (bicyclic) bond motifs is 1. The number of aryl methyl sites for hydroxylation is 1. The molecular weight excluding hydrogens is 660 g/mol. The first-order valence-corrected chi connectivity index (χ1v) is 18.3. The number of rotatable bonds is 17. The van der Waals surface area contributed by atoms with Gasteiger partial charge < -0.3 is 30.6 Å². The Kier molecular flexibility index (Phi) is 15.4. The molecule has 0 heterocycles. The number of carbonyl (C=O) groups is 4. The van der Waals surface area contributed by atoms with Crippen LogP contribution in [0.25, 0.3) is 0 Å². The van der Waals surface area contributed by atoms with Crippen LogP contribution in [0.15, 0.2) is 72.8 Å². The van der Waals surface area contributed by atoms with E-state index >= 15 is 0 Å². The molecule has 0 saturated carbocycles. The molecule has 0 saturated heterocycles. The maximum atomic E-state index is 13.6. The fourth-order valence-corrected chi connectivity index (χ4v) is 6.35. The molecule has 4 rings (SSSR count). The van der Waals surface area contributed by atoms with Gasteiger partial charge >= 0.3 is 18.3 Å². The van der Waals surface area contributed by atoms with Gasteiger partial charge in [0.25, 0.3) is 0 Å². The molecule has 11 heteroatoms. The summed E-state index contributed by atoms with van der Waals surface area (Å²) < 4.78 is 16.3. The summed E-state index contributed by atoms with van der Waals surface area (Å²) in [6.07, 6.45) is 5.52. The van der Waals surface area contributed by atoms with Gasteiger partial charge in [0.1, 0.15) is 24.9 Å². The van der Waals surface area contributed by atoms with Crippen molar-refractivity contribution >= 4 is 24.2 Å². The van der Waals surface area contributed by atoms with Crippen LogP contribution in [0, 0.1) is 0 Å². The molecule has 52 heavy (non-hydrogen) atoms. The highest BCUT2D eigenvalue weighted by atomic mass is 16.6. The van der Waals surface area contributed by atoms with Gasteiger partial charge in [0.2, 0.25) is 5.91 Å². The summed E-state index contributed by atoms with van der Waals surface area (Å²) in [5, 5.41) is 5.55. The number of alkyl carbamates (subject to hydrolysis) is 2. The molecule has 0 unspecified atom stereocenters. The zero-order chi connectivity index (χ0) is 37.3. The molecule has 4 amide bonds. The van der Waals surface area contributed by atoms with Gasteiger partial charge in [-0.3, -0.25) is 9.69 Å². The van der Waals surface area contributed by atoms with E-state index < -0.39 is 35.8 Å². The Morgan fingerprint density at radius 1 is 0.731 bits per heavy atom. The SMILES string of the molecule is CC(C)(C)OC(=O)NCCCN(C(=O)OCc1ccccc1)[C@@H](Cc1ccc(CCCCNC(=O)OCc2ccccc2)c2c1CCCC2)C(N)=O. The minimum absolute atomic E-state index is 0.0479. The van der Waals surface area contributed by atoms with Crippen molar-refractivity contribution < 1.29 is 33.4 Å². The second-order valence-corrected chi connectivity index (χ2v) is 14.1. The third kappa shape index (κ3) is 13.2. The molecular formula is C41H54N4O7. The molecule has 0 fully saturated rings.